The highest BCUT2D eigenvalue weighted by Crippen LogP contribution is 2.16. The van der Waals surface area contributed by atoms with Crippen molar-refractivity contribution in [3.8, 4) is 0 Å². The van der Waals surface area contributed by atoms with Crippen LogP contribution >= 0.6 is 12.4 Å². The Bertz CT molecular complexity index is 417. The Morgan fingerprint density at radius 1 is 1.67 bits per heavy atom. The number of methoxy groups -OCH3 is 1. The molecule has 0 aliphatic carbocycles. The van der Waals surface area contributed by atoms with E-state index in [2.05, 4.69) is 20.3 Å². The van der Waals surface area contributed by atoms with Gasteiger partial charge in [0.05, 0.1) is 25.2 Å². The van der Waals surface area contributed by atoms with Crippen molar-refractivity contribution in [3.05, 3.63) is 18.0 Å². The molecule has 1 atom stereocenters. The second-order valence-corrected chi connectivity index (χ2v) is 3.76. The molecule has 7 nitrogen and oxygen atoms in total. The lowest BCUT2D eigenvalue weighted by atomic mass is 10.2. The molecule has 1 aliphatic heterocycles. The summed E-state index contributed by atoms with van der Waals surface area (Å²) in [6.45, 7) is 2.33. The van der Waals surface area contributed by atoms with E-state index in [0.29, 0.717) is 6.54 Å². The molecule has 1 aromatic rings. The Balaban J connectivity index is 0.00000162. The summed E-state index contributed by atoms with van der Waals surface area (Å²) in [6, 6.07) is 1.64. The van der Waals surface area contributed by atoms with Gasteiger partial charge in [-0.25, -0.2) is 4.79 Å². The fourth-order valence-electron chi connectivity index (χ4n) is 1.76. The average molecular weight is 274 g/mol. The first-order valence-electron chi connectivity index (χ1n) is 5.36. The first kappa shape index (κ1) is 14.6. The summed E-state index contributed by atoms with van der Waals surface area (Å²) in [4.78, 5) is 13.3. The summed E-state index contributed by atoms with van der Waals surface area (Å²) in [5.41, 5.74) is 6.95. The highest BCUT2D eigenvalue weighted by molar-refractivity contribution is 5.87. The summed E-state index contributed by atoms with van der Waals surface area (Å²) < 4.78 is 4.60. The van der Waals surface area contributed by atoms with Crippen LogP contribution in [0.5, 0.6) is 0 Å². The fraction of sp³-hybridized carbons (Fsp3) is 0.500. The zero-order valence-electron chi connectivity index (χ0n) is 10.00. The zero-order valence-corrected chi connectivity index (χ0v) is 10.8. The van der Waals surface area contributed by atoms with Gasteiger partial charge < -0.3 is 20.7 Å². The molecule has 3 N–H and O–H groups in total. The number of carbonyl (C=O) groups is 1. The lowest BCUT2D eigenvalue weighted by Crippen LogP contribution is -2.56. The Morgan fingerprint density at radius 2 is 2.44 bits per heavy atom. The van der Waals surface area contributed by atoms with Crippen molar-refractivity contribution in [1.82, 2.24) is 15.5 Å². The Labute approximate surface area is 111 Å². The lowest BCUT2D eigenvalue weighted by molar-refractivity contribution is 0.0592. The molecule has 8 heteroatoms. The first-order valence-corrected chi connectivity index (χ1v) is 5.36. The average Bonchev–Trinajstić information content (AvgIpc) is 2.38. The standard InChI is InChI=1S/C10H15N5O2.ClH/c1-17-10(16)8-4-7(5-13-14-8)15-3-2-12-6-9(15)11;/h4-5,9,12H,2-3,6,11H2,1H3;1H. The number of ether oxygens (including phenoxy) is 1. The molecular weight excluding hydrogens is 258 g/mol. The Hall–Kier alpha value is -1.44. The van der Waals surface area contributed by atoms with Crippen LogP contribution in [-0.4, -0.2) is 49.1 Å². The second kappa shape index (κ2) is 6.48. The molecule has 0 amide bonds. The summed E-state index contributed by atoms with van der Waals surface area (Å²) >= 11 is 0. The maximum absolute atomic E-state index is 11.3. The number of hydrogen-bond acceptors (Lipinski definition) is 7. The molecule has 1 aromatic heterocycles. The maximum atomic E-state index is 11.3. The maximum Gasteiger partial charge on any atom is 0.358 e. The van der Waals surface area contributed by atoms with Gasteiger partial charge in [0.1, 0.15) is 0 Å². The molecule has 0 bridgehead atoms. The molecule has 0 radical (unpaired) electrons. The summed E-state index contributed by atoms with van der Waals surface area (Å²) in [5.74, 6) is -0.497. The van der Waals surface area contributed by atoms with Crippen molar-refractivity contribution in [2.24, 2.45) is 5.73 Å². The number of carbonyl (C=O) groups excluding carboxylic acids is 1. The molecule has 0 saturated carbocycles. The first-order chi connectivity index (χ1) is 8.22. The predicted octanol–water partition coefficient (Wildman–Crippen LogP) is -0.621. The Morgan fingerprint density at radius 3 is 3.11 bits per heavy atom. The summed E-state index contributed by atoms with van der Waals surface area (Å²) in [5, 5.41) is 10.7. The molecule has 18 heavy (non-hydrogen) atoms. The van der Waals surface area contributed by atoms with Crippen molar-refractivity contribution in [3.63, 3.8) is 0 Å². The number of nitrogens with two attached hydrogens (primary N) is 1. The third kappa shape index (κ3) is 3.06. The minimum atomic E-state index is -0.497. The minimum Gasteiger partial charge on any atom is -0.464 e. The van der Waals surface area contributed by atoms with Gasteiger partial charge in [0.2, 0.25) is 0 Å². The quantitative estimate of drug-likeness (QED) is 0.694. The van der Waals surface area contributed by atoms with E-state index in [1.165, 1.54) is 7.11 Å². The van der Waals surface area contributed by atoms with Gasteiger partial charge in [-0.15, -0.1) is 17.5 Å². The number of nitrogens with zero attached hydrogens (tertiary/aromatic N) is 3. The van der Waals surface area contributed by atoms with Gasteiger partial charge in [0.15, 0.2) is 5.69 Å². The molecule has 1 saturated heterocycles. The number of piperazine rings is 1. The molecule has 1 unspecified atom stereocenters. The van der Waals surface area contributed by atoms with Crippen molar-refractivity contribution in [2.75, 3.05) is 31.6 Å². The van der Waals surface area contributed by atoms with Gasteiger partial charge >= 0.3 is 5.97 Å². The monoisotopic (exact) mass is 273 g/mol. The van der Waals surface area contributed by atoms with Crippen LogP contribution in [0.3, 0.4) is 0 Å². The van der Waals surface area contributed by atoms with E-state index in [-0.39, 0.29) is 24.3 Å². The molecule has 2 heterocycles. The molecular formula is C10H16ClN5O2. The van der Waals surface area contributed by atoms with E-state index in [4.69, 9.17) is 5.73 Å². The molecule has 2 rings (SSSR count). The van der Waals surface area contributed by atoms with Crippen molar-refractivity contribution < 1.29 is 9.53 Å². The van der Waals surface area contributed by atoms with Crippen molar-refractivity contribution >= 4 is 24.1 Å². The van der Waals surface area contributed by atoms with Crippen molar-refractivity contribution in [1.29, 1.82) is 0 Å². The van der Waals surface area contributed by atoms with E-state index in [1.54, 1.807) is 12.3 Å². The van der Waals surface area contributed by atoms with Gasteiger partial charge in [-0.05, 0) is 6.07 Å². The highest BCUT2D eigenvalue weighted by Gasteiger charge is 2.20. The number of halogens is 1. The van der Waals surface area contributed by atoms with Crippen LogP contribution in [0.15, 0.2) is 12.3 Å². The SMILES string of the molecule is COC(=O)c1cc(N2CCNCC2N)cnn1.Cl. The molecule has 100 valence electrons. The minimum absolute atomic E-state index is 0. The third-order valence-corrected chi connectivity index (χ3v) is 2.65. The normalized spacial score (nSPS) is 19.0. The second-order valence-electron chi connectivity index (χ2n) is 3.76. The van der Waals surface area contributed by atoms with E-state index in [1.807, 2.05) is 4.90 Å². The summed E-state index contributed by atoms with van der Waals surface area (Å²) in [6.07, 6.45) is 1.47. The van der Waals surface area contributed by atoms with Crippen LogP contribution in [0.1, 0.15) is 10.5 Å². The number of rotatable bonds is 2. The number of nitrogens with one attached hydrogen (secondary N) is 1. The van der Waals surface area contributed by atoms with Crippen LogP contribution < -0.4 is 16.0 Å². The van der Waals surface area contributed by atoms with Gasteiger partial charge in [-0.2, -0.15) is 5.10 Å². The summed E-state index contributed by atoms with van der Waals surface area (Å²) in [7, 11) is 1.31. The molecule has 0 aromatic carbocycles. The van der Waals surface area contributed by atoms with Gasteiger partial charge in [-0.3, -0.25) is 0 Å². The Kier molecular flexibility index (Phi) is 5.26. The van der Waals surface area contributed by atoms with E-state index >= 15 is 0 Å². The van der Waals surface area contributed by atoms with Gasteiger partial charge in [-0.1, -0.05) is 0 Å². The number of anilines is 1. The topological polar surface area (TPSA) is 93.4 Å². The number of hydrogen-bond donors (Lipinski definition) is 2. The molecule has 1 aliphatic rings. The lowest BCUT2D eigenvalue weighted by Gasteiger charge is -2.35. The largest absolute Gasteiger partial charge is 0.464 e. The van der Waals surface area contributed by atoms with Crippen molar-refractivity contribution in [2.45, 2.75) is 6.17 Å². The zero-order chi connectivity index (χ0) is 12.3. The predicted molar refractivity (Wildman–Crippen MR) is 68.8 cm³/mol. The number of aromatic nitrogens is 2. The van der Waals surface area contributed by atoms with Crippen LogP contribution in [0.2, 0.25) is 0 Å². The third-order valence-electron chi connectivity index (χ3n) is 2.65. The number of esters is 1. The van der Waals surface area contributed by atoms with Crippen LogP contribution in [-0.2, 0) is 4.74 Å². The van der Waals surface area contributed by atoms with Gasteiger partial charge in [0.25, 0.3) is 0 Å². The van der Waals surface area contributed by atoms with E-state index in [9.17, 15) is 4.79 Å². The van der Waals surface area contributed by atoms with Crippen LogP contribution in [0.4, 0.5) is 5.69 Å². The smallest absolute Gasteiger partial charge is 0.358 e. The fourth-order valence-corrected chi connectivity index (χ4v) is 1.76. The highest BCUT2D eigenvalue weighted by atomic mass is 35.5. The van der Waals surface area contributed by atoms with Crippen LogP contribution in [0.25, 0.3) is 0 Å². The van der Waals surface area contributed by atoms with Crippen LogP contribution in [0, 0.1) is 0 Å². The molecule has 0 spiro atoms. The van der Waals surface area contributed by atoms with E-state index in [0.717, 1.165) is 18.8 Å². The van der Waals surface area contributed by atoms with E-state index < -0.39 is 5.97 Å². The molecule has 1 fully saturated rings. The van der Waals surface area contributed by atoms with Gasteiger partial charge in [0, 0.05) is 19.6 Å².